The molecule has 0 radical (unpaired) electrons. The van der Waals surface area contributed by atoms with Crippen molar-refractivity contribution >= 4 is 21.7 Å². The normalized spacial score (nSPS) is 27.6. The third kappa shape index (κ3) is 2.52. The van der Waals surface area contributed by atoms with Gasteiger partial charge in [-0.3, -0.25) is 0 Å². The predicted molar refractivity (Wildman–Crippen MR) is 86.8 cm³/mol. The molecule has 2 fully saturated rings. The molecule has 116 valence electrons. The quantitative estimate of drug-likeness (QED) is 0.870. The molecule has 4 rings (SSSR count). The van der Waals surface area contributed by atoms with Crippen LogP contribution in [0.2, 0.25) is 0 Å². The molecule has 4 nitrogen and oxygen atoms in total. The molecule has 0 amide bonds. The van der Waals surface area contributed by atoms with E-state index in [0.29, 0.717) is 12.0 Å². The highest BCUT2D eigenvalue weighted by Gasteiger charge is 2.34. The van der Waals surface area contributed by atoms with Crippen LogP contribution < -0.4 is 5.32 Å². The Labute approximate surface area is 134 Å². The van der Waals surface area contributed by atoms with Gasteiger partial charge in [0.1, 0.15) is 5.82 Å². The number of nitrogens with zero attached hydrogens (tertiary/aromatic N) is 2. The van der Waals surface area contributed by atoms with Crippen LogP contribution in [0.4, 0.5) is 5.82 Å². The van der Waals surface area contributed by atoms with Crippen LogP contribution in [-0.2, 0) is 4.74 Å². The first-order valence-electron chi connectivity index (χ1n) is 8.44. The van der Waals surface area contributed by atoms with Crippen molar-refractivity contribution in [3.63, 3.8) is 0 Å². The van der Waals surface area contributed by atoms with Gasteiger partial charge in [-0.1, -0.05) is 12.8 Å². The minimum Gasteiger partial charge on any atom is -0.381 e. The molecule has 1 saturated heterocycles. The molecule has 1 unspecified atom stereocenters. The van der Waals surface area contributed by atoms with Crippen LogP contribution in [0.5, 0.6) is 0 Å². The zero-order valence-electron chi connectivity index (χ0n) is 12.5. The van der Waals surface area contributed by atoms with E-state index in [4.69, 9.17) is 9.84 Å². The summed E-state index contributed by atoms with van der Waals surface area (Å²) in [5.74, 6) is 2.61. The summed E-state index contributed by atoms with van der Waals surface area (Å²) in [5, 5.41) is 8.62. The van der Waals surface area contributed by atoms with E-state index in [2.05, 4.69) is 25.9 Å². The highest BCUT2D eigenvalue weighted by atomic mass is 79.9. The Kier molecular flexibility index (Phi) is 3.96. The fourth-order valence-electron chi connectivity index (χ4n) is 4.30. The molecule has 0 bridgehead atoms. The summed E-state index contributed by atoms with van der Waals surface area (Å²) in [6.07, 6.45) is 8.99. The second kappa shape index (κ2) is 5.92. The molecular weight excluding hydrogens is 330 g/mol. The van der Waals surface area contributed by atoms with Crippen molar-refractivity contribution in [1.29, 1.82) is 0 Å². The number of aromatic nitrogens is 2. The number of hydrogen-bond donors (Lipinski definition) is 1. The molecule has 3 aliphatic rings. The van der Waals surface area contributed by atoms with Crippen molar-refractivity contribution in [3.8, 4) is 0 Å². The predicted octanol–water partition coefficient (Wildman–Crippen LogP) is 4.09. The largest absolute Gasteiger partial charge is 0.381 e. The summed E-state index contributed by atoms with van der Waals surface area (Å²) >= 11 is 3.82. The molecule has 0 aromatic carbocycles. The van der Waals surface area contributed by atoms with E-state index >= 15 is 0 Å². The highest BCUT2D eigenvalue weighted by Crippen LogP contribution is 2.44. The van der Waals surface area contributed by atoms with Crippen LogP contribution in [0.15, 0.2) is 4.47 Å². The second-order valence-electron chi connectivity index (χ2n) is 6.71. The maximum Gasteiger partial charge on any atom is 0.139 e. The molecule has 1 aliphatic carbocycles. The van der Waals surface area contributed by atoms with Gasteiger partial charge >= 0.3 is 0 Å². The number of ether oxygens (including phenoxy) is 1. The van der Waals surface area contributed by atoms with Crippen molar-refractivity contribution < 1.29 is 4.74 Å². The molecule has 3 heterocycles. The SMILES string of the molecule is Brc1c(C2CCOCC2)nn2c1NCCC2C1CCCC1. The standard InChI is InChI=1S/C16H24BrN3O/c17-14-15(12-6-9-21-10-7-12)19-20-13(5-8-18-16(14)20)11-3-1-2-4-11/h11-13,18H,1-10H2. The summed E-state index contributed by atoms with van der Waals surface area (Å²) in [4.78, 5) is 0. The van der Waals surface area contributed by atoms with Crippen molar-refractivity contribution in [2.24, 2.45) is 5.92 Å². The average molecular weight is 354 g/mol. The molecule has 2 aliphatic heterocycles. The molecule has 1 atom stereocenters. The maximum absolute atomic E-state index is 5.50. The van der Waals surface area contributed by atoms with Crippen LogP contribution >= 0.6 is 15.9 Å². The van der Waals surface area contributed by atoms with Crippen LogP contribution in [0.1, 0.15) is 62.6 Å². The zero-order chi connectivity index (χ0) is 14.2. The molecule has 1 saturated carbocycles. The molecule has 21 heavy (non-hydrogen) atoms. The van der Waals surface area contributed by atoms with Gasteiger partial charge in [0.05, 0.1) is 16.2 Å². The van der Waals surface area contributed by atoms with E-state index in [0.717, 1.165) is 38.5 Å². The first kappa shape index (κ1) is 14.1. The van der Waals surface area contributed by atoms with Crippen LogP contribution in [0.3, 0.4) is 0 Å². The van der Waals surface area contributed by atoms with E-state index in [1.165, 1.54) is 48.1 Å². The van der Waals surface area contributed by atoms with E-state index < -0.39 is 0 Å². The third-order valence-corrected chi connectivity index (χ3v) is 6.26. The van der Waals surface area contributed by atoms with Crippen molar-refractivity contribution in [1.82, 2.24) is 9.78 Å². The fourth-order valence-corrected chi connectivity index (χ4v) is 5.03. The van der Waals surface area contributed by atoms with Crippen molar-refractivity contribution in [2.45, 2.75) is 56.9 Å². The van der Waals surface area contributed by atoms with E-state index in [1.807, 2.05) is 0 Å². The summed E-state index contributed by atoms with van der Waals surface area (Å²) in [6.45, 7) is 2.83. The molecule has 1 aromatic rings. The van der Waals surface area contributed by atoms with Gasteiger partial charge in [-0.05, 0) is 54.0 Å². The molecular formula is C16H24BrN3O. The van der Waals surface area contributed by atoms with E-state index in [9.17, 15) is 0 Å². The zero-order valence-corrected chi connectivity index (χ0v) is 14.1. The second-order valence-corrected chi connectivity index (χ2v) is 7.50. The van der Waals surface area contributed by atoms with Gasteiger partial charge in [0.15, 0.2) is 0 Å². The average Bonchev–Trinajstić information content (AvgIpc) is 3.17. The van der Waals surface area contributed by atoms with Gasteiger partial charge in [0.2, 0.25) is 0 Å². The van der Waals surface area contributed by atoms with E-state index in [1.54, 1.807) is 0 Å². The first-order chi connectivity index (χ1) is 10.3. The Bertz CT molecular complexity index is 504. The number of halogens is 1. The lowest BCUT2D eigenvalue weighted by molar-refractivity contribution is 0.0841. The highest BCUT2D eigenvalue weighted by molar-refractivity contribution is 9.10. The number of rotatable bonds is 2. The van der Waals surface area contributed by atoms with Gasteiger partial charge in [-0.15, -0.1) is 0 Å². The molecule has 5 heteroatoms. The van der Waals surface area contributed by atoms with Crippen LogP contribution in [0, 0.1) is 5.92 Å². The lowest BCUT2D eigenvalue weighted by Crippen LogP contribution is -2.28. The lowest BCUT2D eigenvalue weighted by atomic mass is 9.94. The Hall–Kier alpha value is -0.550. The monoisotopic (exact) mass is 353 g/mol. The van der Waals surface area contributed by atoms with Crippen molar-refractivity contribution in [2.75, 3.05) is 25.1 Å². The van der Waals surface area contributed by atoms with Crippen LogP contribution in [0.25, 0.3) is 0 Å². The Morgan fingerprint density at radius 2 is 1.86 bits per heavy atom. The van der Waals surface area contributed by atoms with Gasteiger partial charge in [-0.25, -0.2) is 4.68 Å². The summed E-state index contributed by atoms with van der Waals surface area (Å²) in [6, 6.07) is 0.605. The maximum atomic E-state index is 5.50. The first-order valence-corrected chi connectivity index (χ1v) is 9.23. The van der Waals surface area contributed by atoms with E-state index in [-0.39, 0.29) is 0 Å². The molecule has 0 spiro atoms. The Morgan fingerprint density at radius 3 is 2.62 bits per heavy atom. The smallest absolute Gasteiger partial charge is 0.139 e. The van der Waals surface area contributed by atoms with Crippen LogP contribution in [-0.4, -0.2) is 29.5 Å². The van der Waals surface area contributed by atoms with Gasteiger partial charge in [-0.2, -0.15) is 5.10 Å². The lowest BCUT2D eigenvalue weighted by Gasteiger charge is -2.30. The summed E-state index contributed by atoms with van der Waals surface area (Å²) < 4.78 is 9.02. The number of anilines is 1. The number of fused-ring (bicyclic) bond motifs is 1. The number of nitrogens with one attached hydrogen (secondary N) is 1. The molecule has 1 aromatic heterocycles. The fraction of sp³-hybridized carbons (Fsp3) is 0.812. The minimum absolute atomic E-state index is 0.553. The number of hydrogen-bond acceptors (Lipinski definition) is 3. The minimum atomic E-state index is 0.553. The topological polar surface area (TPSA) is 39.1 Å². The van der Waals surface area contributed by atoms with Gasteiger partial charge < -0.3 is 10.1 Å². The summed E-state index contributed by atoms with van der Waals surface area (Å²) in [7, 11) is 0. The Balaban J connectivity index is 1.65. The van der Waals surface area contributed by atoms with Crippen molar-refractivity contribution in [3.05, 3.63) is 10.2 Å². The van der Waals surface area contributed by atoms with Gasteiger partial charge in [0, 0.05) is 25.7 Å². The summed E-state index contributed by atoms with van der Waals surface area (Å²) in [5.41, 5.74) is 1.26. The Morgan fingerprint density at radius 1 is 1.10 bits per heavy atom. The molecule has 1 N–H and O–H groups in total. The third-order valence-electron chi connectivity index (χ3n) is 5.48. The van der Waals surface area contributed by atoms with Gasteiger partial charge in [0.25, 0.3) is 0 Å².